The van der Waals surface area contributed by atoms with Crippen LogP contribution in [0.4, 0.5) is 0 Å². The number of aryl methyl sites for hydroxylation is 1. The first-order chi connectivity index (χ1) is 12.1. The molecule has 1 fully saturated rings. The first-order valence-corrected chi connectivity index (χ1v) is 8.03. The highest BCUT2D eigenvalue weighted by Gasteiger charge is 2.24. The van der Waals surface area contributed by atoms with Crippen molar-refractivity contribution in [1.29, 1.82) is 0 Å². The van der Waals surface area contributed by atoms with Crippen molar-refractivity contribution in [1.82, 2.24) is 19.1 Å². The number of hydrogen-bond donors (Lipinski definition) is 0. The Morgan fingerprint density at radius 2 is 2.33 bits per heavy atom. The van der Waals surface area contributed by atoms with E-state index >= 15 is 0 Å². The van der Waals surface area contributed by atoms with Gasteiger partial charge in [0.1, 0.15) is 5.52 Å². The molecule has 7 nitrogen and oxygen atoms in total. The molecule has 0 aromatic carbocycles. The van der Waals surface area contributed by atoms with Gasteiger partial charge in [-0.2, -0.15) is 0 Å². The van der Waals surface area contributed by atoms with Crippen molar-refractivity contribution >= 4 is 22.0 Å². The molecule has 21 heavy (non-hydrogen) atoms. The van der Waals surface area contributed by atoms with Crippen molar-refractivity contribution < 1.29 is 15.8 Å². The van der Waals surface area contributed by atoms with Crippen LogP contribution in [0.3, 0.4) is 0 Å². The van der Waals surface area contributed by atoms with Crippen LogP contribution in [0.25, 0.3) is 11.2 Å². The monoisotopic (exact) mass is 315 g/mol. The van der Waals surface area contributed by atoms with Crippen LogP contribution in [-0.4, -0.2) is 42.8 Å². The molecule has 3 rings (SSSR count). The van der Waals surface area contributed by atoms with Gasteiger partial charge in [0, 0.05) is 38.9 Å². The Kier molecular flexibility index (Phi) is 2.56. The van der Waals surface area contributed by atoms with Crippen molar-refractivity contribution in [2.24, 2.45) is 0 Å². The summed E-state index contributed by atoms with van der Waals surface area (Å²) in [6, 6.07) is -0.319. The SMILES string of the molecule is [2H]C([2H])([2H])C([2H])([2H])n1c(=O)n(C2CCOCC2)c2nc(S(C)=O)ncc21. The molecule has 0 N–H and O–H groups in total. The number of rotatable bonds is 3. The van der Waals surface area contributed by atoms with Crippen molar-refractivity contribution in [2.75, 3.05) is 19.5 Å². The highest BCUT2D eigenvalue weighted by atomic mass is 32.2. The van der Waals surface area contributed by atoms with E-state index in [0.29, 0.717) is 30.6 Å². The van der Waals surface area contributed by atoms with Gasteiger partial charge in [-0.1, -0.05) is 0 Å². The average Bonchev–Trinajstić information content (AvgIpc) is 2.85. The molecule has 2 aromatic heterocycles. The molecule has 114 valence electrons. The zero-order valence-electron chi connectivity index (χ0n) is 16.4. The van der Waals surface area contributed by atoms with Crippen LogP contribution in [-0.2, 0) is 22.0 Å². The maximum Gasteiger partial charge on any atom is 0.330 e. The van der Waals surface area contributed by atoms with Crippen molar-refractivity contribution in [3.63, 3.8) is 0 Å². The Morgan fingerprint density at radius 3 is 3.00 bits per heavy atom. The molecule has 0 spiro atoms. The predicted octanol–water partition coefficient (Wildman–Crippen LogP) is 0.702. The first kappa shape index (κ1) is 9.47. The van der Waals surface area contributed by atoms with Crippen LogP contribution in [0.2, 0.25) is 0 Å². The number of imidazole rings is 1. The molecule has 0 amide bonds. The minimum absolute atomic E-state index is 0.00935. The quantitative estimate of drug-likeness (QED) is 0.779. The zero-order valence-corrected chi connectivity index (χ0v) is 12.2. The third kappa shape index (κ3) is 2.42. The third-order valence-electron chi connectivity index (χ3n) is 3.52. The van der Waals surface area contributed by atoms with Crippen LogP contribution in [0.1, 0.15) is 32.6 Å². The van der Waals surface area contributed by atoms with Gasteiger partial charge < -0.3 is 4.74 Å². The van der Waals surface area contributed by atoms with E-state index in [2.05, 4.69) is 9.97 Å². The van der Waals surface area contributed by atoms with Gasteiger partial charge in [-0.25, -0.2) is 14.8 Å². The Hall–Kier alpha value is -1.54. The van der Waals surface area contributed by atoms with Crippen molar-refractivity contribution in [2.45, 2.75) is 37.4 Å². The molecule has 1 aliphatic heterocycles. The summed E-state index contributed by atoms with van der Waals surface area (Å²) in [5.74, 6) is 0. The fourth-order valence-electron chi connectivity index (χ4n) is 2.51. The molecule has 0 saturated carbocycles. The van der Waals surface area contributed by atoms with Crippen molar-refractivity contribution in [3.8, 4) is 0 Å². The number of ether oxygens (including phenoxy) is 1. The maximum atomic E-state index is 13.0. The van der Waals surface area contributed by atoms with E-state index in [0.717, 1.165) is 6.20 Å². The minimum atomic E-state index is -3.07. The van der Waals surface area contributed by atoms with Gasteiger partial charge >= 0.3 is 5.69 Å². The number of nitrogens with zero attached hydrogens (tertiary/aromatic N) is 4. The summed E-state index contributed by atoms with van der Waals surface area (Å²) < 4.78 is 57.4. The standard InChI is InChI=1S/C13H18N4O3S/c1-3-16-10-8-14-12(21(2)19)15-11(10)17(13(16)18)9-4-6-20-7-5-9/h8-9H,3-7H2,1-2H3/i1D3,3D2. The molecule has 3 heterocycles. The van der Waals surface area contributed by atoms with E-state index in [1.54, 1.807) is 0 Å². The number of aromatic nitrogens is 4. The van der Waals surface area contributed by atoms with Crippen LogP contribution in [0, 0.1) is 0 Å². The Bertz CT molecular complexity index is 917. The molecule has 0 radical (unpaired) electrons. The molecular formula is C13H18N4O3S. The van der Waals surface area contributed by atoms with Crippen LogP contribution in [0.5, 0.6) is 0 Å². The van der Waals surface area contributed by atoms with E-state index in [1.807, 2.05) is 0 Å². The van der Waals surface area contributed by atoms with Gasteiger partial charge in [0.15, 0.2) is 5.65 Å². The van der Waals surface area contributed by atoms with Gasteiger partial charge in [-0.15, -0.1) is 0 Å². The fourth-order valence-corrected chi connectivity index (χ4v) is 2.92. The lowest BCUT2D eigenvalue weighted by Gasteiger charge is -2.22. The number of fused-ring (bicyclic) bond motifs is 1. The minimum Gasteiger partial charge on any atom is -0.381 e. The van der Waals surface area contributed by atoms with Crippen LogP contribution >= 0.6 is 0 Å². The highest BCUT2D eigenvalue weighted by molar-refractivity contribution is 7.84. The van der Waals surface area contributed by atoms with E-state index in [-0.39, 0.29) is 22.4 Å². The van der Waals surface area contributed by atoms with E-state index in [9.17, 15) is 9.00 Å². The summed E-state index contributed by atoms with van der Waals surface area (Å²) in [5, 5.41) is -0.00935. The van der Waals surface area contributed by atoms with Gasteiger partial charge in [0.05, 0.1) is 17.0 Å². The lowest BCUT2D eigenvalue weighted by molar-refractivity contribution is 0.0694. The fraction of sp³-hybridized carbons (Fsp3) is 0.615. The smallest absolute Gasteiger partial charge is 0.330 e. The summed E-state index contributed by atoms with van der Waals surface area (Å²) >= 11 is 0. The summed E-state index contributed by atoms with van der Waals surface area (Å²) in [5.41, 5.74) is -0.784. The van der Waals surface area contributed by atoms with Crippen LogP contribution in [0.15, 0.2) is 16.1 Å². The second-order valence-corrected chi connectivity index (χ2v) is 6.03. The molecule has 1 unspecified atom stereocenters. The summed E-state index contributed by atoms with van der Waals surface area (Å²) in [4.78, 5) is 21.1. The molecule has 0 bridgehead atoms. The molecule has 1 aliphatic rings. The highest BCUT2D eigenvalue weighted by Crippen LogP contribution is 2.23. The summed E-state index contributed by atoms with van der Waals surface area (Å²) in [7, 11) is -1.51. The van der Waals surface area contributed by atoms with E-state index in [4.69, 9.17) is 11.6 Å². The van der Waals surface area contributed by atoms with Crippen LogP contribution < -0.4 is 5.69 Å². The average molecular weight is 315 g/mol. The van der Waals surface area contributed by atoms with Gasteiger partial charge in [0.2, 0.25) is 5.16 Å². The molecule has 0 aliphatic carbocycles. The van der Waals surface area contributed by atoms with E-state index in [1.165, 1.54) is 10.8 Å². The summed E-state index contributed by atoms with van der Waals surface area (Å²) in [6.45, 7) is -5.17. The lowest BCUT2D eigenvalue weighted by Crippen LogP contribution is -2.30. The summed E-state index contributed by atoms with van der Waals surface area (Å²) in [6.07, 6.45) is 3.55. The predicted molar refractivity (Wildman–Crippen MR) is 78.9 cm³/mol. The lowest BCUT2D eigenvalue weighted by atomic mass is 10.1. The second-order valence-electron chi connectivity index (χ2n) is 4.76. The maximum absolute atomic E-state index is 13.0. The Balaban J connectivity index is 2.34. The second kappa shape index (κ2) is 5.69. The van der Waals surface area contributed by atoms with Crippen molar-refractivity contribution in [3.05, 3.63) is 16.7 Å². The zero-order chi connectivity index (χ0) is 19.3. The molecule has 8 heteroatoms. The Labute approximate surface area is 131 Å². The molecule has 1 atom stereocenters. The molecular weight excluding hydrogens is 292 g/mol. The van der Waals surface area contributed by atoms with E-state index < -0.39 is 29.8 Å². The normalized spacial score (nSPS) is 23.0. The number of hydrogen-bond acceptors (Lipinski definition) is 5. The first-order valence-electron chi connectivity index (χ1n) is 8.97. The molecule has 1 saturated heterocycles. The van der Waals surface area contributed by atoms with Gasteiger partial charge in [0.25, 0.3) is 0 Å². The largest absolute Gasteiger partial charge is 0.381 e. The van der Waals surface area contributed by atoms with Gasteiger partial charge in [-0.05, 0) is 19.7 Å². The molecule has 2 aromatic rings. The third-order valence-corrected chi connectivity index (χ3v) is 4.23. The van der Waals surface area contributed by atoms with Gasteiger partial charge in [-0.3, -0.25) is 13.3 Å². The topological polar surface area (TPSA) is 79.0 Å². The Morgan fingerprint density at radius 1 is 1.57 bits per heavy atom.